The molecule has 0 spiro atoms. The van der Waals surface area contributed by atoms with Crippen LogP contribution >= 0.6 is 15.9 Å². The second kappa shape index (κ2) is 9.22. The maximum Gasteiger partial charge on any atom is 0.244 e. The van der Waals surface area contributed by atoms with Gasteiger partial charge in [-0.25, -0.2) is 5.43 Å². The summed E-state index contributed by atoms with van der Waals surface area (Å²) < 4.78 is 11.6. The van der Waals surface area contributed by atoms with Gasteiger partial charge in [0.2, 0.25) is 5.91 Å². The smallest absolute Gasteiger partial charge is 0.244 e. The van der Waals surface area contributed by atoms with E-state index in [1.807, 2.05) is 56.3 Å². The lowest BCUT2D eigenvalue weighted by Crippen LogP contribution is -2.19. The molecule has 25 heavy (non-hydrogen) atoms. The number of methoxy groups -OCH3 is 1. The first-order valence-electron chi connectivity index (χ1n) is 7.89. The molecule has 0 aliphatic carbocycles. The summed E-state index contributed by atoms with van der Waals surface area (Å²) in [4.78, 5) is 11.9. The lowest BCUT2D eigenvalue weighted by atomic mass is 10.1. The Balaban J connectivity index is 1.89. The van der Waals surface area contributed by atoms with Crippen molar-refractivity contribution >= 4 is 28.1 Å². The van der Waals surface area contributed by atoms with E-state index < -0.39 is 0 Å². The largest absolute Gasteiger partial charge is 0.497 e. The average molecular weight is 405 g/mol. The molecule has 2 aromatic rings. The van der Waals surface area contributed by atoms with Gasteiger partial charge in [0.25, 0.3) is 0 Å². The highest BCUT2D eigenvalue weighted by atomic mass is 79.9. The van der Waals surface area contributed by atoms with Crippen molar-refractivity contribution in [1.82, 2.24) is 5.43 Å². The summed E-state index contributed by atoms with van der Waals surface area (Å²) in [6.45, 7) is 3.94. The Morgan fingerprint density at radius 3 is 2.56 bits per heavy atom. The van der Waals surface area contributed by atoms with E-state index in [4.69, 9.17) is 9.47 Å². The van der Waals surface area contributed by atoms with Crippen molar-refractivity contribution in [2.75, 3.05) is 7.11 Å². The van der Waals surface area contributed by atoms with Gasteiger partial charge in [-0.2, -0.15) is 5.10 Å². The van der Waals surface area contributed by atoms with Gasteiger partial charge in [0, 0.05) is 0 Å². The highest BCUT2D eigenvalue weighted by Gasteiger charge is 2.05. The van der Waals surface area contributed by atoms with Crippen molar-refractivity contribution in [3.05, 3.63) is 58.1 Å². The van der Waals surface area contributed by atoms with Gasteiger partial charge in [0.05, 0.1) is 30.3 Å². The summed E-state index contributed by atoms with van der Waals surface area (Å²) >= 11 is 3.47. The minimum Gasteiger partial charge on any atom is -0.497 e. The van der Waals surface area contributed by atoms with Gasteiger partial charge >= 0.3 is 0 Å². The molecule has 0 fully saturated rings. The number of halogens is 1. The fourth-order valence-corrected chi connectivity index (χ4v) is 2.58. The maximum atomic E-state index is 11.9. The normalized spacial score (nSPS) is 10.9. The van der Waals surface area contributed by atoms with Crippen molar-refractivity contribution in [3.8, 4) is 11.5 Å². The number of hydrogen-bond donors (Lipinski definition) is 1. The van der Waals surface area contributed by atoms with Gasteiger partial charge in [-0.3, -0.25) is 4.79 Å². The molecule has 132 valence electrons. The zero-order chi connectivity index (χ0) is 18.2. The number of carbonyl (C=O) groups excluding carboxylic acids is 1. The second-order valence-electron chi connectivity index (χ2n) is 5.67. The van der Waals surface area contributed by atoms with Crippen molar-refractivity contribution in [1.29, 1.82) is 0 Å². The minimum atomic E-state index is -0.180. The molecule has 6 heteroatoms. The Hall–Kier alpha value is -2.34. The van der Waals surface area contributed by atoms with Crippen LogP contribution in [0.2, 0.25) is 0 Å². The third-order valence-electron chi connectivity index (χ3n) is 3.25. The zero-order valence-electron chi connectivity index (χ0n) is 14.5. The molecule has 0 unspecified atom stereocenters. The molecule has 0 aliphatic rings. The molecule has 0 bridgehead atoms. The summed E-state index contributed by atoms with van der Waals surface area (Å²) in [6, 6.07) is 13.0. The van der Waals surface area contributed by atoms with Crippen LogP contribution in [0, 0.1) is 0 Å². The minimum absolute atomic E-state index is 0.105. The van der Waals surface area contributed by atoms with Crippen LogP contribution in [0.15, 0.2) is 52.0 Å². The molecule has 2 rings (SSSR count). The van der Waals surface area contributed by atoms with Crippen LogP contribution in [0.5, 0.6) is 11.5 Å². The van der Waals surface area contributed by atoms with Crippen molar-refractivity contribution < 1.29 is 14.3 Å². The van der Waals surface area contributed by atoms with Crippen LogP contribution in [0.3, 0.4) is 0 Å². The summed E-state index contributed by atoms with van der Waals surface area (Å²) in [5, 5.41) is 3.99. The van der Waals surface area contributed by atoms with Crippen LogP contribution in [-0.4, -0.2) is 25.3 Å². The number of ether oxygens (including phenoxy) is 2. The maximum absolute atomic E-state index is 11.9. The van der Waals surface area contributed by atoms with Crippen molar-refractivity contribution in [3.63, 3.8) is 0 Å². The molecule has 0 radical (unpaired) electrons. The number of carbonyl (C=O) groups is 1. The molecule has 0 saturated carbocycles. The Morgan fingerprint density at radius 1 is 1.24 bits per heavy atom. The van der Waals surface area contributed by atoms with Gasteiger partial charge in [-0.1, -0.05) is 12.1 Å². The van der Waals surface area contributed by atoms with E-state index >= 15 is 0 Å². The molecule has 1 amide bonds. The average Bonchev–Trinajstić information content (AvgIpc) is 2.57. The quantitative estimate of drug-likeness (QED) is 0.561. The highest BCUT2D eigenvalue weighted by molar-refractivity contribution is 9.10. The Kier molecular flexibility index (Phi) is 7.01. The lowest BCUT2D eigenvalue weighted by molar-refractivity contribution is -0.120. The van der Waals surface area contributed by atoms with Gasteiger partial charge in [-0.05, 0) is 71.2 Å². The predicted octanol–water partition coefficient (Wildman–Crippen LogP) is 3.94. The summed E-state index contributed by atoms with van der Waals surface area (Å²) in [6.07, 6.45) is 1.95. The van der Waals surface area contributed by atoms with Crippen LogP contribution < -0.4 is 14.9 Å². The Labute approximate surface area is 156 Å². The van der Waals surface area contributed by atoms with Crippen molar-refractivity contribution in [2.24, 2.45) is 5.10 Å². The standard InChI is InChI=1S/C19H21BrN2O3/c1-13(2)25-18-9-6-15(10-17(18)20)12-21-22-19(23)11-14-4-7-16(24-3)8-5-14/h4-10,12-13H,11H2,1-3H3,(H,22,23)/b21-12-. The topological polar surface area (TPSA) is 59.9 Å². The van der Waals surface area contributed by atoms with E-state index in [0.717, 1.165) is 27.1 Å². The van der Waals surface area contributed by atoms with E-state index in [1.165, 1.54) is 0 Å². The van der Waals surface area contributed by atoms with Gasteiger partial charge in [-0.15, -0.1) is 0 Å². The lowest BCUT2D eigenvalue weighted by Gasteiger charge is -2.11. The molecular formula is C19H21BrN2O3. The van der Waals surface area contributed by atoms with E-state index in [1.54, 1.807) is 13.3 Å². The molecule has 0 aliphatic heterocycles. The van der Waals surface area contributed by atoms with Crippen LogP contribution in [0.4, 0.5) is 0 Å². The van der Waals surface area contributed by atoms with Gasteiger partial charge in [0.1, 0.15) is 11.5 Å². The first-order chi connectivity index (χ1) is 12.0. The fraction of sp³-hybridized carbons (Fsp3) is 0.263. The number of rotatable bonds is 7. The zero-order valence-corrected chi connectivity index (χ0v) is 16.0. The molecule has 0 atom stereocenters. The summed E-state index contributed by atoms with van der Waals surface area (Å²) in [5.41, 5.74) is 4.28. The van der Waals surface area contributed by atoms with Crippen LogP contribution in [0.25, 0.3) is 0 Å². The molecule has 0 saturated heterocycles. The summed E-state index contributed by atoms with van der Waals surface area (Å²) in [5.74, 6) is 1.36. The van der Waals surface area contributed by atoms with E-state index in [9.17, 15) is 4.79 Å². The molecule has 0 aromatic heterocycles. The molecule has 2 aromatic carbocycles. The molecule has 1 N–H and O–H groups in total. The van der Waals surface area contributed by atoms with Crippen LogP contribution in [-0.2, 0) is 11.2 Å². The van der Waals surface area contributed by atoms with Crippen molar-refractivity contribution in [2.45, 2.75) is 26.4 Å². The van der Waals surface area contributed by atoms with E-state index in [-0.39, 0.29) is 18.4 Å². The second-order valence-corrected chi connectivity index (χ2v) is 6.53. The number of benzene rings is 2. The first kappa shape index (κ1) is 19.0. The summed E-state index contributed by atoms with van der Waals surface area (Å²) in [7, 11) is 1.61. The highest BCUT2D eigenvalue weighted by Crippen LogP contribution is 2.26. The molecule has 0 heterocycles. The fourth-order valence-electron chi connectivity index (χ4n) is 2.09. The predicted molar refractivity (Wildman–Crippen MR) is 102 cm³/mol. The first-order valence-corrected chi connectivity index (χ1v) is 8.68. The SMILES string of the molecule is COc1ccc(CC(=O)N/N=C\c2ccc(OC(C)C)c(Br)c2)cc1. The number of hydrazone groups is 1. The number of amides is 1. The third-order valence-corrected chi connectivity index (χ3v) is 3.86. The van der Waals surface area contributed by atoms with E-state index in [2.05, 4.69) is 26.5 Å². The number of nitrogens with zero attached hydrogens (tertiary/aromatic N) is 1. The molecular weight excluding hydrogens is 384 g/mol. The van der Waals surface area contributed by atoms with Crippen LogP contribution in [0.1, 0.15) is 25.0 Å². The molecule has 5 nitrogen and oxygen atoms in total. The monoisotopic (exact) mass is 404 g/mol. The number of hydrogen-bond acceptors (Lipinski definition) is 4. The third kappa shape index (κ3) is 6.23. The Bertz CT molecular complexity index is 743. The van der Waals surface area contributed by atoms with Gasteiger partial charge < -0.3 is 9.47 Å². The van der Waals surface area contributed by atoms with E-state index in [0.29, 0.717) is 0 Å². The van der Waals surface area contributed by atoms with Gasteiger partial charge in [0.15, 0.2) is 0 Å². The Morgan fingerprint density at radius 2 is 1.96 bits per heavy atom. The number of nitrogens with one attached hydrogen (secondary N) is 1.